The number of nitrogens with one attached hydrogen (secondary N) is 1. The van der Waals surface area contributed by atoms with Crippen LogP contribution in [0.5, 0.6) is 11.5 Å². The molecule has 1 fully saturated rings. The molecule has 1 heterocycles. The summed E-state index contributed by atoms with van der Waals surface area (Å²) >= 11 is 0. The maximum atomic E-state index is 9.82. The third-order valence-electron chi connectivity index (χ3n) is 3.32. The molecule has 19 heavy (non-hydrogen) atoms. The van der Waals surface area contributed by atoms with E-state index in [2.05, 4.69) is 10.2 Å². The molecule has 106 valence electrons. The Morgan fingerprint density at radius 1 is 1.37 bits per heavy atom. The average molecular weight is 266 g/mol. The highest BCUT2D eigenvalue weighted by Crippen LogP contribution is 2.22. The summed E-state index contributed by atoms with van der Waals surface area (Å²) < 4.78 is 10.4. The van der Waals surface area contributed by atoms with Crippen molar-refractivity contribution in [3.05, 3.63) is 23.8 Å². The molecule has 0 atom stereocenters. The number of ether oxygens (including phenoxy) is 2. The Morgan fingerprint density at radius 2 is 2.16 bits per heavy atom. The number of rotatable bonds is 6. The molecule has 0 unspecified atom stereocenters. The van der Waals surface area contributed by atoms with Crippen molar-refractivity contribution in [2.45, 2.75) is 6.54 Å². The van der Waals surface area contributed by atoms with Gasteiger partial charge in [-0.1, -0.05) is 6.07 Å². The van der Waals surface area contributed by atoms with Crippen LogP contribution < -0.4 is 10.1 Å². The standard InChI is InChI=1S/C14H22N2O3/c1-18-13-3-2-12(14(17)10-13)11-15-4-5-16-6-8-19-9-7-16/h2-3,10,15,17H,4-9,11H2,1H3. The lowest BCUT2D eigenvalue weighted by atomic mass is 10.2. The van der Waals surface area contributed by atoms with Crippen molar-refractivity contribution < 1.29 is 14.6 Å². The van der Waals surface area contributed by atoms with Crippen LogP contribution in [0, 0.1) is 0 Å². The van der Waals surface area contributed by atoms with E-state index in [-0.39, 0.29) is 5.75 Å². The van der Waals surface area contributed by atoms with Gasteiger partial charge in [-0.2, -0.15) is 0 Å². The molecule has 1 aliphatic rings. The van der Waals surface area contributed by atoms with E-state index in [1.165, 1.54) is 0 Å². The van der Waals surface area contributed by atoms with E-state index < -0.39 is 0 Å². The number of aromatic hydroxyl groups is 1. The van der Waals surface area contributed by atoms with Gasteiger partial charge >= 0.3 is 0 Å². The first-order valence-corrected chi connectivity index (χ1v) is 6.66. The maximum Gasteiger partial charge on any atom is 0.123 e. The molecule has 2 rings (SSSR count). The number of morpholine rings is 1. The van der Waals surface area contributed by atoms with E-state index in [0.717, 1.165) is 45.0 Å². The van der Waals surface area contributed by atoms with E-state index in [1.54, 1.807) is 13.2 Å². The van der Waals surface area contributed by atoms with Crippen molar-refractivity contribution in [1.82, 2.24) is 10.2 Å². The summed E-state index contributed by atoms with van der Waals surface area (Å²) in [6.45, 7) is 6.27. The summed E-state index contributed by atoms with van der Waals surface area (Å²) in [4.78, 5) is 2.38. The third kappa shape index (κ3) is 4.38. The fourth-order valence-corrected chi connectivity index (χ4v) is 2.11. The van der Waals surface area contributed by atoms with E-state index in [9.17, 15) is 5.11 Å². The van der Waals surface area contributed by atoms with E-state index in [4.69, 9.17) is 9.47 Å². The molecule has 0 amide bonds. The average Bonchev–Trinajstić information content (AvgIpc) is 2.46. The van der Waals surface area contributed by atoms with Gasteiger partial charge in [0.25, 0.3) is 0 Å². The normalized spacial score (nSPS) is 16.5. The SMILES string of the molecule is COc1ccc(CNCCN2CCOCC2)c(O)c1. The molecule has 0 saturated carbocycles. The lowest BCUT2D eigenvalue weighted by molar-refractivity contribution is 0.0384. The lowest BCUT2D eigenvalue weighted by Gasteiger charge is -2.26. The molecular weight excluding hydrogens is 244 g/mol. The van der Waals surface area contributed by atoms with Crippen LogP contribution in [0.3, 0.4) is 0 Å². The first-order chi connectivity index (χ1) is 9.29. The number of methoxy groups -OCH3 is 1. The minimum absolute atomic E-state index is 0.276. The number of benzene rings is 1. The lowest BCUT2D eigenvalue weighted by Crippen LogP contribution is -2.40. The number of nitrogens with zero attached hydrogens (tertiary/aromatic N) is 1. The third-order valence-corrected chi connectivity index (χ3v) is 3.32. The molecule has 0 aromatic heterocycles. The van der Waals surface area contributed by atoms with Crippen molar-refractivity contribution in [2.24, 2.45) is 0 Å². The Labute approximate surface area is 114 Å². The summed E-state index contributed by atoms with van der Waals surface area (Å²) in [7, 11) is 1.59. The Morgan fingerprint density at radius 3 is 2.84 bits per heavy atom. The van der Waals surface area contributed by atoms with Gasteiger partial charge in [0.1, 0.15) is 11.5 Å². The molecule has 1 aromatic rings. The van der Waals surface area contributed by atoms with Crippen molar-refractivity contribution in [2.75, 3.05) is 46.5 Å². The molecular formula is C14H22N2O3. The summed E-state index contributed by atoms with van der Waals surface area (Å²) in [5, 5.41) is 13.2. The summed E-state index contributed by atoms with van der Waals surface area (Å²) in [6, 6.07) is 5.38. The zero-order valence-corrected chi connectivity index (χ0v) is 11.4. The van der Waals surface area contributed by atoms with Crippen LogP contribution in [-0.4, -0.2) is 56.5 Å². The van der Waals surface area contributed by atoms with Crippen molar-refractivity contribution in [3.8, 4) is 11.5 Å². The van der Waals surface area contributed by atoms with Crippen molar-refractivity contribution in [3.63, 3.8) is 0 Å². The van der Waals surface area contributed by atoms with Crippen LogP contribution in [0.15, 0.2) is 18.2 Å². The van der Waals surface area contributed by atoms with E-state index in [1.807, 2.05) is 12.1 Å². The summed E-state index contributed by atoms with van der Waals surface area (Å²) in [5.41, 5.74) is 0.891. The van der Waals surface area contributed by atoms with Gasteiger partial charge < -0.3 is 19.9 Å². The quantitative estimate of drug-likeness (QED) is 0.747. The zero-order chi connectivity index (χ0) is 13.5. The van der Waals surface area contributed by atoms with Gasteiger partial charge in [-0.15, -0.1) is 0 Å². The Bertz CT molecular complexity index is 392. The van der Waals surface area contributed by atoms with Gasteiger partial charge in [-0.05, 0) is 6.07 Å². The topological polar surface area (TPSA) is 54.0 Å². The van der Waals surface area contributed by atoms with Gasteiger partial charge in [0.05, 0.1) is 20.3 Å². The summed E-state index contributed by atoms with van der Waals surface area (Å²) in [5.74, 6) is 0.952. The van der Waals surface area contributed by atoms with Crippen LogP contribution in [0.25, 0.3) is 0 Å². The Balaban J connectivity index is 1.70. The number of hydrogen-bond acceptors (Lipinski definition) is 5. The maximum absolute atomic E-state index is 9.82. The van der Waals surface area contributed by atoms with Gasteiger partial charge in [-0.25, -0.2) is 0 Å². The van der Waals surface area contributed by atoms with Gasteiger partial charge in [0, 0.05) is 44.4 Å². The largest absolute Gasteiger partial charge is 0.507 e. The highest BCUT2D eigenvalue weighted by Gasteiger charge is 2.09. The molecule has 0 bridgehead atoms. The van der Waals surface area contributed by atoms with Gasteiger partial charge in [0.15, 0.2) is 0 Å². The van der Waals surface area contributed by atoms with Crippen molar-refractivity contribution in [1.29, 1.82) is 0 Å². The van der Waals surface area contributed by atoms with Gasteiger partial charge in [0.2, 0.25) is 0 Å². The monoisotopic (exact) mass is 266 g/mol. The molecule has 5 nitrogen and oxygen atoms in total. The van der Waals surface area contributed by atoms with E-state index in [0.29, 0.717) is 12.3 Å². The number of phenolic OH excluding ortho intramolecular Hbond substituents is 1. The minimum atomic E-state index is 0.276. The molecule has 1 saturated heterocycles. The van der Waals surface area contributed by atoms with Crippen LogP contribution in [0.1, 0.15) is 5.56 Å². The highest BCUT2D eigenvalue weighted by molar-refractivity contribution is 5.39. The highest BCUT2D eigenvalue weighted by atomic mass is 16.5. The predicted octanol–water partition coefficient (Wildman–Crippen LogP) is 0.823. The van der Waals surface area contributed by atoms with Crippen LogP contribution >= 0.6 is 0 Å². The molecule has 0 spiro atoms. The molecule has 0 aliphatic carbocycles. The second kappa shape index (κ2) is 7.33. The number of phenols is 1. The van der Waals surface area contributed by atoms with Crippen LogP contribution in [0.2, 0.25) is 0 Å². The molecule has 0 radical (unpaired) electrons. The van der Waals surface area contributed by atoms with Gasteiger partial charge in [-0.3, -0.25) is 4.90 Å². The number of hydrogen-bond donors (Lipinski definition) is 2. The first kappa shape index (κ1) is 14.1. The molecule has 5 heteroatoms. The second-order valence-corrected chi connectivity index (χ2v) is 4.63. The fraction of sp³-hybridized carbons (Fsp3) is 0.571. The zero-order valence-electron chi connectivity index (χ0n) is 11.4. The van der Waals surface area contributed by atoms with Crippen molar-refractivity contribution >= 4 is 0 Å². The Kier molecular flexibility index (Phi) is 5.44. The minimum Gasteiger partial charge on any atom is -0.507 e. The van der Waals surface area contributed by atoms with E-state index >= 15 is 0 Å². The second-order valence-electron chi connectivity index (χ2n) is 4.63. The summed E-state index contributed by atoms with van der Waals surface area (Å²) in [6.07, 6.45) is 0. The fourth-order valence-electron chi connectivity index (χ4n) is 2.11. The smallest absolute Gasteiger partial charge is 0.123 e. The van der Waals surface area contributed by atoms with Crippen LogP contribution in [-0.2, 0) is 11.3 Å². The molecule has 1 aliphatic heterocycles. The molecule has 1 aromatic carbocycles. The molecule has 2 N–H and O–H groups in total. The predicted molar refractivity (Wildman–Crippen MR) is 73.6 cm³/mol. The van der Waals surface area contributed by atoms with Crippen LogP contribution in [0.4, 0.5) is 0 Å². The Hall–Kier alpha value is -1.30. The first-order valence-electron chi connectivity index (χ1n) is 6.66.